The lowest BCUT2D eigenvalue weighted by molar-refractivity contribution is 0.0240. The van der Waals surface area contributed by atoms with Crippen LogP contribution in [-0.2, 0) is 11.3 Å². The highest BCUT2D eigenvalue weighted by Crippen LogP contribution is 2.15. The van der Waals surface area contributed by atoms with Gasteiger partial charge in [-0.2, -0.15) is 4.98 Å². The number of anilines is 1. The van der Waals surface area contributed by atoms with Crippen LogP contribution in [0.2, 0.25) is 0 Å². The molecule has 0 aliphatic carbocycles. The van der Waals surface area contributed by atoms with Crippen molar-refractivity contribution in [3.05, 3.63) is 5.89 Å². The molecule has 1 aliphatic heterocycles. The van der Waals surface area contributed by atoms with Gasteiger partial charge in [0.05, 0.1) is 0 Å². The fourth-order valence-electron chi connectivity index (χ4n) is 1.85. The summed E-state index contributed by atoms with van der Waals surface area (Å²) in [5.41, 5.74) is -0.488. The Morgan fingerprint density at radius 2 is 2.00 bits per heavy atom. The summed E-state index contributed by atoms with van der Waals surface area (Å²) in [5, 5.41) is 12.7. The van der Waals surface area contributed by atoms with E-state index in [2.05, 4.69) is 10.1 Å². The van der Waals surface area contributed by atoms with Crippen molar-refractivity contribution in [3.8, 4) is 0 Å². The number of carbonyl (C=O) groups excluding carboxylic acids is 1. The fourth-order valence-corrected chi connectivity index (χ4v) is 1.85. The smallest absolute Gasteiger partial charge is 0.410 e. The van der Waals surface area contributed by atoms with Gasteiger partial charge in [0.2, 0.25) is 0 Å². The highest BCUT2D eigenvalue weighted by atomic mass is 16.6. The number of piperazine rings is 1. The molecule has 1 N–H and O–H groups in total. The Kier molecular flexibility index (Phi) is 4.12. The van der Waals surface area contributed by atoms with Gasteiger partial charge in [0.1, 0.15) is 12.2 Å². The number of amides is 1. The molecule has 8 heteroatoms. The molecule has 0 aromatic carbocycles. The van der Waals surface area contributed by atoms with E-state index in [0.29, 0.717) is 32.1 Å². The average Bonchev–Trinajstić information content (AvgIpc) is 2.85. The molecule has 1 amide bonds. The van der Waals surface area contributed by atoms with E-state index in [1.54, 1.807) is 4.90 Å². The van der Waals surface area contributed by atoms with Gasteiger partial charge in [0, 0.05) is 26.2 Å². The number of aromatic nitrogens is 2. The molecule has 0 atom stereocenters. The van der Waals surface area contributed by atoms with Crippen LogP contribution in [0.3, 0.4) is 0 Å². The SMILES string of the molecule is CC(C)(C)OC(=O)N1CCN(c2noc(CO)n2)CC1. The second-order valence-corrected chi connectivity index (χ2v) is 5.60. The molecule has 1 aliphatic rings. The van der Waals surface area contributed by atoms with E-state index in [1.165, 1.54) is 0 Å². The van der Waals surface area contributed by atoms with Crippen molar-refractivity contribution in [2.75, 3.05) is 31.1 Å². The van der Waals surface area contributed by atoms with E-state index in [0.717, 1.165) is 0 Å². The molecule has 8 nitrogen and oxygen atoms in total. The van der Waals surface area contributed by atoms with Gasteiger partial charge in [-0.1, -0.05) is 0 Å². The third-order valence-corrected chi connectivity index (χ3v) is 2.81. The molecule has 112 valence electrons. The number of aliphatic hydroxyl groups is 1. The fraction of sp³-hybridized carbons (Fsp3) is 0.750. The third-order valence-electron chi connectivity index (χ3n) is 2.81. The zero-order chi connectivity index (χ0) is 14.8. The van der Waals surface area contributed by atoms with Crippen molar-refractivity contribution >= 4 is 12.0 Å². The van der Waals surface area contributed by atoms with Crippen LogP contribution in [-0.4, -0.2) is 58.0 Å². The first kappa shape index (κ1) is 14.6. The molecule has 0 unspecified atom stereocenters. The normalized spacial score (nSPS) is 16.4. The van der Waals surface area contributed by atoms with Crippen molar-refractivity contribution in [1.29, 1.82) is 0 Å². The number of hydrogen-bond donors (Lipinski definition) is 1. The maximum atomic E-state index is 11.9. The predicted octanol–water partition coefficient (Wildman–Crippen LogP) is 0.619. The Hall–Kier alpha value is -1.83. The van der Waals surface area contributed by atoms with Crippen LogP contribution in [0.5, 0.6) is 0 Å². The first-order valence-electron chi connectivity index (χ1n) is 6.55. The largest absolute Gasteiger partial charge is 0.444 e. The summed E-state index contributed by atoms with van der Waals surface area (Å²) in [6, 6.07) is 0. The van der Waals surface area contributed by atoms with E-state index in [9.17, 15) is 4.79 Å². The molecule has 1 fully saturated rings. The van der Waals surface area contributed by atoms with Crippen molar-refractivity contribution in [1.82, 2.24) is 15.0 Å². The highest BCUT2D eigenvalue weighted by molar-refractivity contribution is 5.68. The summed E-state index contributed by atoms with van der Waals surface area (Å²) < 4.78 is 10.2. The van der Waals surface area contributed by atoms with Gasteiger partial charge >= 0.3 is 6.09 Å². The van der Waals surface area contributed by atoms with E-state index in [1.807, 2.05) is 25.7 Å². The van der Waals surface area contributed by atoms with Crippen LogP contribution in [0.25, 0.3) is 0 Å². The summed E-state index contributed by atoms with van der Waals surface area (Å²) >= 11 is 0. The zero-order valence-corrected chi connectivity index (χ0v) is 12.0. The molecule has 1 saturated heterocycles. The molecule has 20 heavy (non-hydrogen) atoms. The first-order chi connectivity index (χ1) is 9.39. The van der Waals surface area contributed by atoms with E-state index in [-0.39, 0.29) is 18.6 Å². The summed E-state index contributed by atoms with van der Waals surface area (Å²) in [4.78, 5) is 19.5. The summed E-state index contributed by atoms with van der Waals surface area (Å²) in [6.45, 7) is 7.54. The Labute approximate surface area is 117 Å². The second-order valence-electron chi connectivity index (χ2n) is 5.60. The average molecular weight is 284 g/mol. The lowest BCUT2D eigenvalue weighted by Crippen LogP contribution is -2.50. The maximum absolute atomic E-state index is 11.9. The standard InChI is InChI=1S/C12H20N4O4/c1-12(2,3)19-11(18)16-6-4-15(5-7-16)10-13-9(8-17)20-14-10/h17H,4-8H2,1-3H3. The van der Waals surface area contributed by atoms with E-state index in [4.69, 9.17) is 14.4 Å². The zero-order valence-electron chi connectivity index (χ0n) is 12.0. The van der Waals surface area contributed by atoms with Crippen LogP contribution in [0.15, 0.2) is 4.52 Å². The lowest BCUT2D eigenvalue weighted by atomic mass is 10.2. The Bertz CT molecular complexity index is 460. The summed E-state index contributed by atoms with van der Waals surface area (Å²) in [6.07, 6.45) is -0.304. The molecule has 0 saturated carbocycles. The van der Waals surface area contributed by atoms with Gasteiger partial charge in [-0.15, -0.1) is 0 Å². The van der Waals surface area contributed by atoms with Crippen molar-refractivity contribution in [2.24, 2.45) is 0 Å². The van der Waals surface area contributed by atoms with Crippen LogP contribution in [0, 0.1) is 0 Å². The van der Waals surface area contributed by atoms with Crippen LogP contribution in [0.1, 0.15) is 26.7 Å². The molecule has 0 bridgehead atoms. The number of hydrogen-bond acceptors (Lipinski definition) is 7. The van der Waals surface area contributed by atoms with Gasteiger partial charge in [0.15, 0.2) is 0 Å². The molecular weight excluding hydrogens is 264 g/mol. The van der Waals surface area contributed by atoms with Crippen molar-refractivity contribution < 1.29 is 19.2 Å². The van der Waals surface area contributed by atoms with Crippen LogP contribution >= 0.6 is 0 Å². The summed E-state index contributed by atoms with van der Waals surface area (Å²) in [7, 11) is 0. The Morgan fingerprint density at radius 3 is 2.50 bits per heavy atom. The number of carbonyl (C=O) groups is 1. The van der Waals surface area contributed by atoms with Gasteiger partial charge < -0.3 is 24.2 Å². The summed E-state index contributed by atoms with van der Waals surface area (Å²) in [5.74, 6) is 0.632. The molecule has 2 heterocycles. The van der Waals surface area contributed by atoms with E-state index < -0.39 is 5.60 Å². The monoisotopic (exact) mass is 284 g/mol. The highest BCUT2D eigenvalue weighted by Gasteiger charge is 2.27. The minimum absolute atomic E-state index is 0.189. The van der Waals surface area contributed by atoms with Gasteiger partial charge in [-0.05, 0) is 25.9 Å². The van der Waals surface area contributed by atoms with Crippen LogP contribution in [0.4, 0.5) is 10.7 Å². The minimum Gasteiger partial charge on any atom is -0.444 e. The maximum Gasteiger partial charge on any atom is 0.410 e. The van der Waals surface area contributed by atoms with E-state index >= 15 is 0 Å². The first-order valence-corrected chi connectivity index (χ1v) is 6.55. The predicted molar refractivity (Wildman–Crippen MR) is 70.2 cm³/mol. The molecule has 1 aromatic rings. The molecule has 2 rings (SSSR count). The Morgan fingerprint density at radius 1 is 1.35 bits per heavy atom. The number of rotatable bonds is 2. The van der Waals surface area contributed by atoms with Gasteiger partial charge in [0.25, 0.3) is 11.8 Å². The topological polar surface area (TPSA) is 91.9 Å². The number of aliphatic hydroxyl groups excluding tert-OH is 1. The number of ether oxygens (including phenoxy) is 1. The van der Waals surface area contributed by atoms with Crippen molar-refractivity contribution in [3.63, 3.8) is 0 Å². The molecular formula is C12H20N4O4. The molecule has 0 radical (unpaired) electrons. The van der Waals surface area contributed by atoms with Gasteiger partial charge in [-0.25, -0.2) is 4.79 Å². The van der Waals surface area contributed by atoms with Crippen LogP contribution < -0.4 is 4.90 Å². The third kappa shape index (κ3) is 3.60. The number of nitrogens with zero attached hydrogens (tertiary/aromatic N) is 4. The van der Waals surface area contributed by atoms with Crippen molar-refractivity contribution in [2.45, 2.75) is 33.0 Å². The second kappa shape index (κ2) is 5.66. The minimum atomic E-state index is -0.488. The lowest BCUT2D eigenvalue weighted by Gasteiger charge is -2.34. The molecule has 1 aromatic heterocycles. The molecule has 0 spiro atoms. The van der Waals surface area contributed by atoms with Gasteiger partial charge in [-0.3, -0.25) is 0 Å². The Balaban J connectivity index is 1.87. The quantitative estimate of drug-likeness (QED) is 0.851.